The molecule has 8 nitrogen and oxygen atoms in total. The van der Waals surface area contributed by atoms with E-state index in [-0.39, 0.29) is 19.1 Å². The number of carbonyl (C=O) groups excluding carboxylic acids is 1. The number of likely N-dealkylation sites (N-methyl/N-ethyl adjacent to an activating group) is 1. The molecule has 0 saturated heterocycles. The fraction of sp³-hybridized carbons (Fsp3) is 0.712. The molecule has 0 aromatic carbocycles. The number of rotatable bonds is 55. The first kappa shape index (κ1) is 72.2. The molecule has 9 heteroatoms. The normalized spacial score (nSPS) is 14.6. The Morgan fingerprint density at radius 3 is 1.17 bits per heavy atom. The third-order valence-electron chi connectivity index (χ3n) is 13.3. The van der Waals surface area contributed by atoms with Crippen LogP contribution in [0.2, 0.25) is 0 Å². The Kier molecular flexibility index (Phi) is 53.8. The Labute approximate surface area is 463 Å². The number of aliphatic hydroxyl groups excluding tert-OH is 1. The summed E-state index contributed by atoms with van der Waals surface area (Å²) >= 11 is 0. The molecule has 75 heavy (non-hydrogen) atoms. The number of nitrogens with zero attached hydrogens (tertiary/aromatic N) is 1. The summed E-state index contributed by atoms with van der Waals surface area (Å²) in [5.41, 5.74) is 0. The number of phosphoric ester groups is 1. The lowest BCUT2D eigenvalue weighted by Gasteiger charge is -2.26. The van der Waals surface area contributed by atoms with Gasteiger partial charge in [0.25, 0.3) is 0 Å². The lowest BCUT2D eigenvalue weighted by Crippen LogP contribution is -2.46. The number of quaternary nitrogens is 1. The van der Waals surface area contributed by atoms with Crippen LogP contribution in [-0.4, -0.2) is 73.4 Å². The summed E-state index contributed by atoms with van der Waals surface area (Å²) in [6.07, 6.45) is 81.5. The van der Waals surface area contributed by atoms with E-state index in [0.29, 0.717) is 23.9 Å². The van der Waals surface area contributed by atoms with Gasteiger partial charge in [-0.15, -0.1) is 0 Å². The summed E-state index contributed by atoms with van der Waals surface area (Å²) in [5.74, 6) is -0.166. The Hall–Kier alpha value is -2.84. The number of aliphatic hydroxyl groups is 1. The highest BCUT2D eigenvalue weighted by molar-refractivity contribution is 7.47. The predicted molar refractivity (Wildman–Crippen MR) is 327 cm³/mol. The quantitative estimate of drug-likeness (QED) is 0.0243. The lowest BCUT2D eigenvalue weighted by molar-refractivity contribution is -0.870. The summed E-state index contributed by atoms with van der Waals surface area (Å²) in [5, 5.41) is 14.1. The van der Waals surface area contributed by atoms with Crippen molar-refractivity contribution in [2.75, 3.05) is 40.9 Å². The summed E-state index contributed by atoms with van der Waals surface area (Å²) in [7, 11) is 1.59. The van der Waals surface area contributed by atoms with E-state index in [1.165, 1.54) is 109 Å². The molecule has 3 N–H and O–H groups in total. The van der Waals surface area contributed by atoms with Crippen LogP contribution in [0.4, 0.5) is 0 Å². The summed E-state index contributed by atoms with van der Waals surface area (Å²) in [6, 6.07) is -0.780. The molecule has 0 radical (unpaired) electrons. The topological polar surface area (TPSA) is 105 Å². The van der Waals surface area contributed by atoms with Crippen molar-refractivity contribution in [3.8, 4) is 0 Å². The zero-order chi connectivity index (χ0) is 54.9. The van der Waals surface area contributed by atoms with Gasteiger partial charge in [0.15, 0.2) is 0 Å². The van der Waals surface area contributed by atoms with E-state index in [9.17, 15) is 19.4 Å². The molecular formula is C66H118N2O6P+. The summed E-state index contributed by atoms with van der Waals surface area (Å²) < 4.78 is 23.8. The molecule has 0 spiro atoms. The molecule has 3 unspecified atom stereocenters. The molecular weight excluding hydrogens is 948 g/mol. The van der Waals surface area contributed by atoms with Crippen LogP contribution in [-0.2, 0) is 18.4 Å². The van der Waals surface area contributed by atoms with Gasteiger partial charge in [0.05, 0.1) is 39.9 Å². The highest BCUT2D eigenvalue weighted by atomic mass is 31.2. The van der Waals surface area contributed by atoms with Crippen molar-refractivity contribution in [1.82, 2.24) is 5.32 Å². The molecule has 3 atom stereocenters. The molecule has 0 aliphatic heterocycles. The zero-order valence-electron chi connectivity index (χ0n) is 49.3. The molecule has 0 aliphatic carbocycles. The second kappa shape index (κ2) is 55.9. The SMILES string of the molecule is CC/C=C\C/C=C\C/C=C\C/C=C\C/C=C\C/C=C\C/C=C\C/C=C\C/C=C\CCCCCCCC(=O)NC(COP(=O)(O)OCC[N+](C)(C)C)C(O)CCCCCCCCCCCCCCCCCCCCCC. The first-order valence-corrected chi connectivity index (χ1v) is 32.2. The van der Waals surface area contributed by atoms with Crippen molar-refractivity contribution in [3.05, 3.63) is 109 Å². The number of amides is 1. The molecule has 0 bridgehead atoms. The van der Waals surface area contributed by atoms with Crippen LogP contribution >= 0.6 is 7.82 Å². The van der Waals surface area contributed by atoms with Crippen LogP contribution in [0.15, 0.2) is 109 Å². The molecule has 0 aliphatic rings. The van der Waals surface area contributed by atoms with Crippen molar-refractivity contribution >= 4 is 13.7 Å². The molecule has 0 rings (SSSR count). The molecule has 0 aromatic heterocycles. The number of allylic oxidation sites excluding steroid dienone is 18. The van der Waals surface area contributed by atoms with Crippen molar-refractivity contribution < 1.29 is 32.9 Å². The fourth-order valence-electron chi connectivity index (χ4n) is 8.51. The molecule has 1 amide bonds. The average Bonchev–Trinajstić information content (AvgIpc) is 3.37. The highest BCUT2D eigenvalue weighted by Gasteiger charge is 2.28. The average molecular weight is 1070 g/mol. The van der Waals surface area contributed by atoms with Crippen LogP contribution in [0.1, 0.15) is 251 Å². The van der Waals surface area contributed by atoms with E-state index >= 15 is 0 Å². The Morgan fingerprint density at radius 2 is 0.800 bits per heavy atom. The third kappa shape index (κ3) is 58.7. The molecule has 0 heterocycles. The highest BCUT2D eigenvalue weighted by Crippen LogP contribution is 2.43. The van der Waals surface area contributed by atoms with Gasteiger partial charge in [-0.3, -0.25) is 13.8 Å². The smallest absolute Gasteiger partial charge is 0.391 e. The van der Waals surface area contributed by atoms with E-state index in [1.807, 2.05) is 21.1 Å². The predicted octanol–water partition coefficient (Wildman–Crippen LogP) is 19.2. The molecule has 0 fully saturated rings. The maximum Gasteiger partial charge on any atom is 0.472 e. The fourth-order valence-corrected chi connectivity index (χ4v) is 9.25. The first-order valence-electron chi connectivity index (χ1n) is 30.8. The Bertz CT molecular complexity index is 1590. The van der Waals surface area contributed by atoms with Crippen LogP contribution in [0.5, 0.6) is 0 Å². The van der Waals surface area contributed by atoms with E-state index < -0.39 is 20.0 Å². The van der Waals surface area contributed by atoms with Crippen LogP contribution in [0, 0.1) is 0 Å². The number of carbonyl (C=O) groups is 1. The van der Waals surface area contributed by atoms with Crippen LogP contribution in [0.25, 0.3) is 0 Å². The number of phosphoric acid groups is 1. The second-order valence-corrected chi connectivity index (χ2v) is 23.2. The minimum absolute atomic E-state index is 0.0651. The van der Waals surface area contributed by atoms with Crippen LogP contribution in [0.3, 0.4) is 0 Å². The standard InChI is InChI=1S/C66H117N2O6P/c1-6-8-10-12-14-16-18-20-22-24-26-28-29-30-31-32-33-34-35-36-37-38-39-40-42-44-46-48-50-52-54-56-58-60-66(70)67-64(63-74-75(71,72)73-62-61-68(3,4)5)65(69)59-57-55-53-51-49-47-45-43-41-27-25-23-21-19-17-15-13-11-9-7-2/h8,10,14,16,20,22,26,28,30-31,33-34,36-37,39-40,44,46,64-65,69H,6-7,9,11-13,15,17-19,21,23-25,27,29,32,35,38,41-43,45,47-63H2,1-5H3,(H-,67,70,71,72)/p+1/b10-8-,16-14-,22-20-,28-26-,31-30-,34-33-,37-36-,40-39-,46-44-. The minimum Gasteiger partial charge on any atom is -0.391 e. The van der Waals surface area contributed by atoms with Gasteiger partial charge in [-0.25, -0.2) is 4.57 Å². The van der Waals surface area contributed by atoms with Crippen molar-refractivity contribution in [2.24, 2.45) is 0 Å². The molecule has 0 saturated carbocycles. The largest absolute Gasteiger partial charge is 0.472 e. The Morgan fingerprint density at radius 1 is 0.467 bits per heavy atom. The number of hydrogen-bond donors (Lipinski definition) is 3. The summed E-state index contributed by atoms with van der Waals surface area (Å²) in [6.45, 7) is 4.77. The number of nitrogens with one attached hydrogen (secondary N) is 1. The third-order valence-corrected chi connectivity index (χ3v) is 14.3. The van der Waals surface area contributed by atoms with Gasteiger partial charge in [0.2, 0.25) is 5.91 Å². The van der Waals surface area contributed by atoms with Crippen molar-refractivity contribution in [2.45, 2.75) is 264 Å². The lowest BCUT2D eigenvalue weighted by atomic mass is 10.0. The zero-order valence-corrected chi connectivity index (χ0v) is 50.1. The van der Waals surface area contributed by atoms with Gasteiger partial charge >= 0.3 is 7.82 Å². The first-order chi connectivity index (χ1) is 36.5. The number of unbranched alkanes of at least 4 members (excludes halogenated alkanes) is 24. The van der Waals surface area contributed by atoms with Gasteiger partial charge in [0.1, 0.15) is 13.2 Å². The van der Waals surface area contributed by atoms with Gasteiger partial charge in [-0.1, -0.05) is 271 Å². The van der Waals surface area contributed by atoms with Gasteiger partial charge < -0.3 is 19.8 Å². The maximum atomic E-state index is 13.0. The van der Waals surface area contributed by atoms with E-state index in [2.05, 4.69) is 129 Å². The maximum absolute atomic E-state index is 13.0. The van der Waals surface area contributed by atoms with Gasteiger partial charge in [-0.05, 0) is 83.5 Å². The Balaban J connectivity index is 4.22. The number of hydrogen-bond acceptors (Lipinski definition) is 5. The van der Waals surface area contributed by atoms with E-state index in [0.717, 1.165) is 116 Å². The van der Waals surface area contributed by atoms with Crippen molar-refractivity contribution in [1.29, 1.82) is 0 Å². The van der Waals surface area contributed by atoms with Crippen molar-refractivity contribution in [3.63, 3.8) is 0 Å². The second-order valence-electron chi connectivity index (χ2n) is 21.7. The van der Waals surface area contributed by atoms with Gasteiger partial charge in [-0.2, -0.15) is 0 Å². The summed E-state index contributed by atoms with van der Waals surface area (Å²) in [4.78, 5) is 23.4. The molecule has 0 aromatic rings. The minimum atomic E-state index is -4.34. The van der Waals surface area contributed by atoms with Crippen LogP contribution < -0.4 is 5.32 Å². The van der Waals surface area contributed by atoms with Gasteiger partial charge in [0, 0.05) is 6.42 Å². The van der Waals surface area contributed by atoms with E-state index in [1.54, 1.807) is 0 Å². The van der Waals surface area contributed by atoms with E-state index in [4.69, 9.17) is 9.05 Å². The molecule has 432 valence electrons. The monoisotopic (exact) mass is 1070 g/mol.